The van der Waals surface area contributed by atoms with Crippen LogP contribution in [0.15, 0.2) is 84.8 Å². The van der Waals surface area contributed by atoms with Crippen molar-refractivity contribution in [2.75, 3.05) is 6.54 Å². The number of carbonyl (C=O) groups is 2. The number of likely N-dealkylation sites (tertiary alicyclic amines) is 1. The predicted molar refractivity (Wildman–Crippen MR) is 122 cm³/mol. The second-order valence-electron chi connectivity index (χ2n) is 7.90. The third kappa shape index (κ3) is 3.67. The Balaban J connectivity index is 1.55. The van der Waals surface area contributed by atoms with Crippen molar-refractivity contribution < 1.29 is 19.1 Å². The van der Waals surface area contributed by atoms with E-state index >= 15 is 0 Å². The van der Waals surface area contributed by atoms with Gasteiger partial charge in [-0.2, -0.15) is 0 Å². The van der Waals surface area contributed by atoms with Crippen molar-refractivity contribution in [1.82, 2.24) is 14.9 Å². The summed E-state index contributed by atoms with van der Waals surface area (Å²) in [4.78, 5) is 34.9. The van der Waals surface area contributed by atoms with E-state index in [-0.39, 0.29) is 23.4 Å². The summed E-state index contributed by atoms with van der Waals surface area (Å²) in [6, 6.07) is 15.7. The zero-order valence-electron chi connectivity index (χ0n) is 17.5. The summed E-state index contributed by atoms with van der Waals surface area (Å²) in [7, 11) is 0. The Morgan fingerprint density at radius 3 is 2.61 bits per heavy atom. The minimum absolute atomic E-state index is 0.0291. The van der Waals surface area contributed by atoms with Gasteiger partial charge in [0.25, 0.3) is 11.7 Å². The van der Waals surface area contributed by atoms with Gasteiger partial charge in [-0.1, -0.05) is 24.3 Å². The number of halogens is 1. The third-order valence-electron chi connectivity index (χ3n) is 5.95. The molecule has 0 spiro atoms. The number of Topliss-reactive ketones (excluding diaryl/α,β-unsaturated/α-hetero) is 1. The number of carbonyl (C=O) groups excluding carboxylic acids is 2. The zero-order valence-corrected chi connectivity index (χ0v) is 17.5. The number of hydrogen-bond donors (Lipinski definition) is 2. The lowest BCUT2D eigenvalue weighted by Gasteiger charge is -2.25. The summed E-state index contributed by atoms with van der Waals surface area (Å²) < 4.78 is 13.4. The van der Waals surface area contributed by atoms with Crippen molar-refractivity contribution in [3.8, 4) is 0 Å². The molecule has 1 saturated heterocycles. The Bertz CT molecular complexity index is 1380. The van der Waals surface area contributed by atoms with Gasteiger partial charge in [-0.25, -0.2) is 4.39 Å². The maximum Gasteiger partial charge on any atom is 0.295 e. The van der Waals surface area contributed by atoms with E-state index in [1.165, 1.54) is 29.2 Å². The van der Waals surface area contributed by atoms with Crippen molar-refractivity contribution in [2.24, 2.45) is 0 Å². The van der Waals surface area contributed by atoms with Crippen molar-refractivity contribution in [1.29, 1.82) is 0 Å². The van der Waals surface area contributed by atoms with Crippen LogP contribution in [0.5, 0.6) is 0 Å². The van der Waals surface area contributed by atoms with Gasteiger partial charge in [0.05, 0.1) is 11.6 Å². The van der Waals surface area contributed by atoms with Crippen LogP contribution >= 0.6 is 0 Å². The molecule has 1 amide bonds. The molecular formula is C26H20FN3O3. The molecule has 1 fully saturated rings. The lowest BCUT2D eigenvalue weighted by molar-refractivity contribution is -0.139. The van der Waals surface area contributed by atoms with Gasteiger partial charge in [-0.3, -0.25) is 14.6 Å². The molecule has 164 valence electrons. The molecule has 4 aromatic rings. The van der Waals surface area contributed by atoms with Crippen molar-refractivity contribution in [3.63, 3.8) is 0 Å². The summed E-state index contributed by atoms with van der Waals surface area (Å²) in [5.41, 5.74) is 2.86. The van der Waals surface area contributed by atoms with Crippen LogP contribution in [0, 0.1) is 5.82 Å². The van der Waals surface area contributed by atoms with Gasteiger partial charge in [0, 0.05) is 41.6 Å². The van der Waals surface area contributed by atoms with Crippen LogP contribution in [-0.4, -0.2) is 38.2 Å². The van der Waals surface area contributed by atoms with E-state index in [1.807, 2.05) is 30.5 Å². The summed E-state index contributed by atoms with van der Waals surface area (Å²) in [5, 5.41) is 12.0. The Kier molecular flexibility index (Phi) is 5.22. The minimum atomic E-state index is -0.797. The molecule has 1 atom stereocenters. The molecule has 3 heterocycles. The van der Waals surface area contributed by atoms with Crippen LogP contribution < -0.4 is 0 Å². The van der Waals surface area contributed by atoms with Crippen molar-refractivity contribution in [2.45, 2.75) is 12.5 Å². The summed E-state index contributed by atoms with van der Waals surface area (Å²) in [6.07, 6.45) is 5.60. The van der Waals surface area contributed by atoms with E-state index < -0.39 is 23.5 Å². The highest BCUT2D eigenvalue weighted by Gasteiger charge is 2.46. The molecule has 2 aromatic carbocycles. The van der Waals surface area contributed by atoms with Gasteiger partial charge in [0.2, 0.25) is 0 Å². The normalized spacial score (nSPS) is 17.7. The number of aliphatic hydroxyl groups excluding tert-OH is 1. The molecule has 0 radical (unpaired) electrons. The molecular weight excluding hydrogens is 421 g/mol. The lowest BCUT2D eigenvalue weighted by atomic mass is 9.96. The number of ketones is 1. The maximum absolute atomic E-state index is 13.4. The van der Waals surface area contributed by atoms with Gasteiger partial charge in [-0.05, 0) is 53.9 Å². The van der Waals surface area contributed by atoms with E-state index in [9.17, 15) is 19.1 Å². The highest BCUT2D eigenvalue weighted by molar-refractivity contribution is 6.46. The maximum atomic E-state index is 13.4. The zero-order chi connectivity index (χ0) is 22.9. The predicted octanol–water partition coefficient (Wildman–Crippen LogP) is 4.37. The fourth-order valence-electron chi connectivity index (χ4n) is 4.34. The van der Waals surface area contributed by atoms with E-state index in [4.69, 9.17) is 0 Å². The standard InChI is InChI=1S/C26H20FN3O3/c27-19-9-7-16(8-10-19)24(31)22-23(18-4-3-12-28-14-18)30(26(33)25(22)32)13-11-17-15-29-21-6-2-1-5-20(17)21/h1-10,12,14-15,23,29,31H,11,13H2. The van der Waals surface area contributed by atoms with Crippen LogP contribution in [0.25, 0.3) is 16.7 Å². The quantitative estimate of drug-likeness (QED) is 0.274. The number of aliphatic hydroxyl groups is 1. The number of rotatable bonds is 5. The van der Waals surface area contributed by atoms with Crippen LogP contribution in [0.3, 0.4) is 0 Å². The first-order valence-corrected chi connectivity index (χ1v) is 10.5. The second-order valence-corrected chi connectivity index (χ2v) is 7.90. The van der Waals surface area contributed by atoms with Gasteiger partial charge >= 0.3 is 0 Å². The van der Waals surface area contributed by atoms with E-state index in [2.05, 4.69) is 9.97 Å². The second kappa shape index (κ2) is 8.35. The first-order valence-electron chi connectivity index (χ1n) is 10.5. The number of amides is 1. The third-order valence-corrected chi connectivity index (χ3v) is 5.95. The van der Waals surface area contributed by atoms with E-state index in [0.29, 0.717) is 12.0 Å². The van der Waals surface area contributed by atoms with E-state index in [0.717, 1.165) is 16.5 Å². The van der Waals surface area contributed by atoms with Gasteiger partial charge < -0.3 is 15.0 Å². The van der Waals surface area contributed by atoms with Crippen LogP contribution in [0.2, 0.25) is 0 Å². The first-order chi connectivity index (χ1) is 16.0. The number of nitrogens with zero attached hydrogens (tertiary/aromatic N) is 2. The number of fused-ring (bicyclic) bond motifs is 1. The minimum Gasteiger partial charge on any atom is -0.507 e. The highest BCUT2D eigenvalue weighted by Crippen LogP contribution is 2.39. The average Bonchev–Trinajstić information content (AvgIpc) is 3.37. The van der Waals surface area contributed by atoms with Gasteiger partial charge in [-0.15, -0.1) is 0 Å². The molecule has 2 N–H and O–H groups in total. The van der Waals surface area contributed by atoms with Crippen molar-refractivity contribution in [3.05, 3.63) is 107 Å². The fraction of sp³-hybridized carbons (Fsp3) is 0.115. The molecule has 6 nitrogen and oxygen atoms in total. The Morgan fingerprint density at radius 2 is 1.85 bits per heavy atom. The fourth-order valence-corrected chi connectivity index (χ4v) is 4.34. The molecule has 1 unspecified atom stereocenters. The molecule has 0 bridgehead atoms. The lowest BCUT2D eigenvalue weighted by Crippen LogP contribution is -2.31. The average molecular weight is 441 g/mol. The number of hydrogen-bond acceptors (Lipinski definition) is 4. The number of nitrogens with one attached hydrogen (secondary N) is 1. The van der Waals surface area contributed by atoms with Gasteiger partial charge in [0.1, 0.15) is 11.6 Å². The molecule has 33 heavy (non-hydrogen) atoms. The van der Waals surface area contributed by atoms with E-state index in [1.54, 1.807) is 24.5 Å². The SMILES string of the molecule is O=C1C(=O)N(CCc2c[nH]c3ccccc23)C(c2cccnc2)C1=C(O)c1ccc(F)cc1. The number of pyridine rings is 1. The topological polar surface area (TPSA) is 86.3 Å². The van der Waals surface area contributed by atoms with Crippen LogP contribution in [0.4, 0.5) is 4.39 Å². The largest absolute Gasteiger partial charge is 0.507 e. The summed E-state index contributed by atoms with van der Waals surface area (Å²) in [6.45, 7) is 0.270. The van der Waals surface area contributed by atoms with Gasteiger partial charge in [0.15, 0.2) is 0 Å². The number of para-hydroxylation sites is 1. The molecule has 5 rings (SSSR count). The van der Waals surface area contributed by atoms with Crippen LogP contribution in [-0.2, 0) is 16.0 Å². The Hall–Kier alpha value is -4.26. The number of H-pyrrole nitrogens is 1. The van der Waals surface area contributed by atoms with Crippen LogP contribution in [0.1, 0.15) is 22.7 Å². The number of aromatic amines is 1. The monoisotopic (exact) mass is 441 g/mol. The molecule has 1 aliphatic rings. The summed E-state index contributed by atoms with van der Waals surface area (Å²) >= 11 is 0. The molecule has 1 aliphatic heterocycles. The smallest absolute Gasteiger partial charge is 0.295 e. The molecule has 2 aromatic heterocycles. The molecule has 0 aliphatic carbocycles. The molecule has 7 heteroatoms. The molecule has 0 saturated carbocycles. The Morgan fingerprint density at radius 1 is 1.06 bits per heavy atom. The Labute approximate surface area is 189 Å². The van der Waals surface area contributed by atoms with Crippen molar-refractivity contribution >= 4 is 28.4 Å². The highest BCUT2D eigenvalue weighted by atomic mass is 19.1. The first kappa shape index (κ1) is 20.6. The summed E-state index contributed by atoms with van der Waals surface area (Å²) in [5.74, 6) is -2.26. The number of benzene rings is 2. The number of aromatic nitrogens is 2.